The molecular formula is C11H20N2O. The molecule has 1 N–H and O–H groups in total. The van der Waals surface area contributed by atoms with Crippen molar-refractivity contribution in [1.82, 2.24) is 5.32 Å². The zero-order chi connectivity index (χ0) is 10.4. The highest BCUT2D eigenvalue weighted by molar-refractivity contribution is 5.11. The Morgan fingerprint density at radius 2 is 2.36 bits per heavy atom. The second kappa shape index (κ2) is 5.33. The molecule has 0 aromatic carbocycles. The lowest BCUT2D eigenvalue weighted by Crippen LogP contribution is -2.51. The molecule has 0 aromatic rings. The molecule has 14 heavy (non-hydrogen) atoms. The van der Waals surface area contributed by atoms with E-state index in [2.05, 4.69) is 18.3 Å². The summed E-state index contributed by atoms with van der Waals surface area (Å²) in [6.07, 6.45) is 4.57. The summed E-state index contributed by atoms with van der Waals surface area (Å²) < 4.78 is 4.99. The zero-order valence-corrected chi connectivity index (χ0v) is 9.18. The van der Waals surface area contributed by atoms with Gasteiger partial charge in [-0.1, -0.05) is 19.8 Å². The van der Waals surface area contributed by atoms with Crippen LogP contribution in [0.1, 0.15) is 32.6 Å². The van der Waals surface area contributed by atoms with E-state index < -0.39 is 0 Å². The number of nitriles is 1. The van der Waals surface area contributed by atoms with Gasteiger partial charge in [0.1, 0.15) is 5.54 Å². The van der Waals surface area contributed by atoms with E-state index in [4.69, 9.17) is 4.74 Å². The summed E-state index contributed by atoms with van der Waals surface area (Å²) >= 11 is 0. The van der Waals surface area contributed by atoms with Crippen molar-refractivity contribution in [3.8, 4) is 6.07 Å². The summed E-state index contributed by atoms with van der Waals surface area (Å²) in [4.78, 5) is 0. The maximum Gasteiger partial charge on any atom is 0.109 e. The van der Waals surface area contributed by atoms with Gasteiger partial charge in [-0.2, -0.15) is 5.26 Å². The van der Waals surface area contributed by atoms with Crippen LogP contribution >= 0.6 is 0 Å². The lowest BCUT2D eigenvalue weighted by Gasteiger charge is -2.37. The minimum atomic E-state index is -0.295. The molecule has 0 heterocycles. The Morgan fingerprint density at radius 1 is 1.57 bits per heavy atom. The first kappa shape index (κ1) is 11.5. The number of ether oxygens (including phenoxy) is 1. The molecule has 1 rings (SSSR count). The smallest absolute Gasteiger partial charge is 0.109 e. The number of hydrogen-bond acceptors (Lipinski definition) is 3. The van der Waals surface area contributed by atoms with Crippen LogP contribution in [-0.4, -0.2) is 25.8 Å². The average Bonchev–Trinajstić information content (AvgIpc) is 2.21. The Kier molecular flexibility index (Phi) is 4.37. The van der Waals surface area contributed by atoms with Crippen LogP contribution in [0.25, 0.3) is 0 Å². The van der Waals surface area contributed by atoms with E-state index in [-0.39, 0.29) is 5.54 Å². The van der Waals surface area contributed by atoms with Gasteiger partial charge in [-0.25, -0.2) is 0 Å². The normalized spacial score (nSPS) is 32.5. The van der Waals surface area contributed by atoms with Crippen molar-refractivity contribution in [2.45, 2.75) is 38.1 Å². The van der Waals surface area contributed by atoms with Crippen LogP contribution in [0.2, 0.25) is 0 Å². The van der Waals surface area contributed by atoms with E-state index in [1.54, 1.807) is 7.11 Å². The van der Waals surface area contributed by atoms with Gasteiger partial charge in [0.15, 0.2) is 0 Å². The maximum atomic E-state index is 9.26. The molecule has 2 atom stereocenters. The van der Waals surface area contributed by atoms with E-state index in [0.29, 0.717) is 12.5 Å². The van der Waals surface area contributed by atoms with Crippen molar-refractivity contribution in [3.63, 3.8) is 0 Å². The fourth-order valence-electron chi connectivity index (χ4n) is 2.19. The van der Waals surface area contributed by atoms with Crippen LogP contribution in [0.4, 0.5) is 0 Å². The van der Waals surface area contributed by atoms with Gasteiger partial charge in [0.25, 0.3) is 0 Å². The highest BCUT2D eigenvalue weighted by Gasteiger charge is 2.37. The van der Waals surface area contributed by atoms with Gasteiger partial charge in [-0.05, 0) is 18.8 Å². The van der Waals surface area contributed by atoms with Crippen LogP contribution in [0.3, 0.4) is 0 Å². The minimum absolute atomic E-state index is 0.295. The largest absolute Gasteiger partial charge is 0.383 e. The Morgan fingerprint density at radius 3 is 2.93 bits per heavy atom. The summed E-state index contributed by atoms with van der Waals surface area (Å²) in [5.41, 5.74) is -0.295. The summed E-state index contributed by atoms with van der Waals surface area (Å²) in [7, 11) is 1.69. The molecule has 0 saturated heterocycles. The molecule has 0 radical (unpaired) electrons. The van der Waals surface area contributed by atoms with Crippen molar-refractivity contribution in [2.24, 2.45) is 5.92 Å². The van der Waals surface area contributed by atoms with E-state index >= 15 is 0 Å². The van der Waals surface area contributed by atoms with Gasteiger partial charge < -0.3 is 4.74 Å². The van der Waals surface area contributed by atoms with Gasteiger partial charge in [-0.3, -0.25) is 5.32 Å². The number of hydrogen-bond donors (Lipinski definition) is 1. The van der Waals surface area contributed by atoms with E-state index in [1.807, 2.05) is 0 Å². The molecule has 1 aliphatic carbocycles. The fraction of sp³-hybridized carbons (Fsp3) is 0.909. The molecule has 2 unspecified atom stereocenters. The first-order chi connectivity index (χ1) is 6.75. The van der Waals surface area contributed by atoms with Crippen molar-refractivity contribution in [3.05, 3.63) is 0 Å². The predicted octanol–water partition coefficient (Wildman–Crippen LogP) is 1.69. The van der Waals surface area contributed by atoms with Crippen LogP contribution in [0.15, 0.2) is 0 Å². The van der Waals surface area contributed by atoms with Crippen LogP contribution in [0, 0.1) is 17.2 Å². The van der Waals surface area contributed by atoms with Crippen molar-refractivity contribution in [2.75, 3.05) is 20.3 Å². The number of rotatable bonds is 4. The SMILES string of the molecule is COCCNC1(C#N)CCCCC1C. The quantitative estimate of drug-likeness (QED) is 0.696. The molecule has 1 saturated carbocycles. The van der Waals surface area contributed by atoms with Gasteiger partial charge in [0, 0.05) is 13.7 Å². The van der Waals surface area contributed by atoms with Crippen LogP contribution in [-0.2, 0) is 4.74 Å². The summed E-state index contributed by atoms with van der Waals surface area (Å²) in [6.45, 7) is 3.62. The Bertz CT molecular complexity index is 212. The summed E-state index contributed by atoms with van der Waals surface area (Å²) in [5, 5.41) is 12.6. The Labute approximate surface area is 86.4 Å². The lowest BCUT2D eigenvalue weighted by molar-refractivity contribution is 0.163. The third-order valence-corrected chi connectivity index (χ3v) is 3.25. The lowest BCUT2D eigenvalue weighted by atomic mass is 9.74. The molecule has 80 valence electrons. The molecule has 3 nitrogen and oxygen atoms in total. The molecule has 1 aliphatic rings. The third kappa shape index (κ3) is 2.46. The first-order valence-electron chi connectivity index (χ1n) is 5.40. The molecule has 0 aromatic heterocycles. The molecular weight excluding hydrogens is 176 g/mol. The predicted molar refractivity (Wildman–Crippen MR) is 55.9 cm³/mol. The first-order valence-corrected chi connectivity index (χ1v) is 5.40. The molecule has 1 fully saturated rings. The topological polar surface area (TPSA) is 45.0 Å². The van der Waals surface area contributed by atoms with Crippen molar-refractivity contribution < 1.29 is 4.74 Å². The zero-order valence-electron chi connectivity index (χ0n) is 9.18. The van der Waals surface area contributed by atoms with Gasteiger partial charge in [0.05, 0.1) is 12.7 Å². The molecule has 0 aliphatic heterocycles. The second-order valence-electron chi connectivity index (χ2n) is 4.15. The van der Waals surface area contributed by atoms with Gasteiger partial charge in [-0.15, -0.1) is 0 Å². The Hall–Kier alpha value is -0.590. The Balaban J connectivity index is 2.51. The van der Waals surface area contributed by atoms with E-state index in [9.17, 15) is 5.26 Å². The number of methoxy groups -OCH3 is 1. The van der Waals surface area contributed by atoms with E-state index in [0.717, 1.165) is 25.8 Å². The minimum Gasteiger partial charge on any atom is -0.383 e. The van der Waals surface area contributed by atoms with Crippen LogP contribution < -0.4 is 5.32 Å². The maximum absolute atomic E-state index is 9.26. The number of nitrogens with zero attached hydrogens (tertiary/aromatic N) is 1. The third-order valence-electron chi connectivity index (χ3n) is 3.25. The molecule has 0 bridgehead atoms. The fourth-order valence-corrected chi connectivity index (χ4v) is 2.19. The second-order valence-corrected chi connectivity index (χ2v) is 4.15. The van der Waals surface area contributed by atoms with Crippen molar-refractivity contribution in [1.29, 1.82) is 5.26 Å². The summed E-state index contributed by atoms with van der Waals surface area (Å²) in [5.74, 6) is 0.457. The molecule has 0 spiro atoms. The van der Waals surface area contributed by atoms with Gasteiger partial charge >= 0.3 is 0 Å². The van der Waals surface area contributed by atoms with Crippen molar-refractivity contribution >= 4 is 0 Å². The highest BCUT2D eigenvalue weighted by atomic mass is 16.5. The van der Waals surface area contributed by atoms with Crippen LogP contribution in [0.5, 0.6) is 0 Å². The average molecular weight is 196 g/mol. The van der Waals surface area contributed by atoms with E-state index in [1.165, 1.54) is 6.42 Å². The monoisotopic (exact) mass is 196 g/mol. The highest BCUT2D eigenvalue weighted by Crippen LogP contribution is 2.32. The number of nitrogens with one attached hydrogen (secondary N) is 1. The molecule has 0 amide bonds. The summed E-state index contributed by atoms with van der Waals surface area (Å²) in [6, 6.07) is 2.46. The standard InChI is InChI=1S/C11H20N2O/c1-10-5-3-4-6-11(10,9-12)13-7-8-14-2/h10,13H,3-8H2,1-2H3. The van der Waals surface area contributed by atoms with Gasteiger partial charge in [0.2, 0.25) is 0 Å². The molecule has 3 heteroatoms.